The number of anilines is 1. The highest BCUT2D eigenvalue weighted by Gasteiger charge is 2.15. The van der Waals surface area contributed by atoms with E-state index in [-0.39, 0.29) is 5.69 Å². The van der Waals surface area contributed by atoms with Crippen molar-refractivity contribution in [3.8, 4) is 11.1 Å². The standard InChI is InChI=1S/C16H12BrFN4O2S/c1-7-9(3-8-6-19-15(25-2)22-14(8)20-7)10-4-13(21-16(23)24)12(18)5-11(10)17/h3-6,21H,1-2H3,(H,23,24). The van der Waals surface area contributed by atoms with Crippen LogP contribution >= 0.6 is 27.7 Å². The first-order valence-electron chi connectivity index (χ1n) is 7.07. The van der Waals surface area contributed by atoms with E-state index in [2.05, 4.69) is 36.2 Å². The monoisotopic (exact) mass is 422 g/mol. The summed E-state index contributed by atoms with van der Waals surface area (Å²) < 4.78 is 14.4. The van der Waals surface area contributed by atoms with Crippen molar-refractivity contribution in [2.75, 3.05) is 11.6 Å². The molecule has 0 aliphatic heterocycles. The molecule has 0 spiro atoms. The summed E-state index contributed by atoms with van der Waals surface area (Å²) in [5, 5.41) is 12.3. The molecule has 2 heterocycles. The largest absolute Gasteiger partial charge is 0.465 e. The summed E-state index contributed by atoms with van der Waals surface area (Å²) in [6.07, 6.45) is 2.23. The van der Waals surface area contributed by atoms with Crippen molar-refractivity contribution in [3.05, 3.63) is 40.4 Å². The van der Waals surface area contributed by atoms with Crippen LogP contribution in [0.15, 0.2) is 34.0 Å². The van der Waals surface area contributed by atoms with Crippen LogP contribution in [-0.4, -0.2) is 32.4 Å². The second-order valence-corrected chi connectivity index (χ2v) is 6.76. The number of aromatic nitrogens is 3. The van der Waals surface area contributed by atoms with E-state index >= 15 is 0 Å². The van der Waals surface area contributed by atoms with Crippen molar-refractivity contribution < 1.29 is 14.3 Å². The number of rotatable bonds is 3. The van der Waals surface area contributed by atoms with Gasteiger partial charge in [0.2, 0.25) is 0 Å². The number of nitrogens with one attached hydrogen (secondary N) is 1. The van der Waals surface area contributed by atoms with E-state index in [1.807, 2.05) is 19.2 Å². The highest BCUT2D eigenvalue weighted by molar-refractivity contribution is 9.10. The molecular formula is C16H12BrFN4O2S. The van der Waals surface area contributed by atoms with Gasteiger partial charge < -0.3 is 5.11 Å². The van der Waals surface area contributed by atoms with Crippen LogP contribution in [0.3, 0.4) is 0 Å². The summed E-state index contributed by atoms with van der Waals surface area (Å²) in [4.78, 5) is 23.9. The van der Waals surface area contributed by atoms with Crippen LogP contribution < -0.4 is 5.32 Å². The molecule has 1 aromatic carbocycles. The van der Waals surface area contributed by atoms with Crippen LogP contribution in [0.5, 0.6) is 0 Å². The number of aryl methyl sites for hydroxylation is 1. The Labute approximate surface area is 155 Å². The van der Waals surface area contributed by atoms with Crippen LogP contribution in [0, 0.1) is 12.7 Å². The molecule has 128 valence electrons. The van der Waals surface area contributed by atoms with Crippen LogP contribution in [0.2, 0.25) is 0 Å². The van der Waals surface area contributed by atoms with Crippen molar-refractivity contribution in [1.82, 2.24) is 15.0 Å². The van der Waals surface area contributed by atoms with Crippen LogP contribution in [0.4, 0.5) is 14.9 Å². The SMILES string of the molecule is CSc1ncc2cc(-c3cc(NC(=O)O)c(F)cc3Br)c(C)nc2n1. The molecular weight excluding hydrogens is 411 g/mol. The highest BCUT2D eigenvalue weighted by atomic mass is 79.9. The summed E-state index contributed by atoms with van der Waals surface area (Å²) in [6, 6.07) is 4.50. The van der Waals surface area contributed by atoms with Gasteiger partial charge in [-0.1, -0.05) is 27.7 Å². The number of hydrogen-bond acceptors (Lipinski definition) is 5. The first-order valence-corrected chi connectivity index (χ1v) is 9.08. The zero-order chi connectivity index (χ0) is 18.1. The van der Waals surface area contributed by atoms with Gasteiger partial charge in [0.1, 0.15) is 5.82 Å². The summed E-state index contributed by atoms with van der Waals surface area (Å²) in [6.45, 7) is 1.82. The molecule has 0 radical (unpaired) electrons. The van der Waals surface area contributed by atoms with Gasteiger partial charge in [0, 0.05) is 27.3 Å². The van der Waals surface area contributed by atoms with Crippen molar-refractivity contribution in [1.29, 1.82) is 0 Å². The van der Waals surface area contributed by atoms with Gasteiger partial charge in [0.25, 0.3) is 0 Å². The Hall–Kier alpha value is -2.26. The van der Waals surface area contributed by atoms with Crippen molar-refractivity contribution in [2.24, 2.45) is 0 Å². The average Bonchev–Trinajstić information content (AvgIpc) is 2.56. The number of pyridine rings is 1. The molecule has 0 aliphatic carbocycles. The van der Waals surface area contributed by atoms with Gasteiger partial charge >= 0.3 is 6.09 Å². The first kappa shape index (κ1) is 17.6. The number of fused-ring (bicyclic) bond motifs is 1. The zero-order valence-corrected chi connectivity index (χ0v) is 15.6. The fraction of sp³-hybridized carbons (Fsp3) is 0.125. The van der Waals surface area contributed by atoms with Gasteiger partial charge in [-0.3, -0.25) is 5.32 Å². The molecule has 0 atom stereocenters. The quantitative estimate of drug-likeness (QED) is 0.469. The second kappa shape index (κ2) is 6.93. The van der Waals surface area contributed by atoms with E-state index in [1.165, 1.54) is 23.9 Å². The van der Waals surface area contributed by atoms with Gasteiger partial charge in [-0.05, 0) is 36.9 Å². The third-order valence-electron chi connectivity index (χ3n) is 3.51. The molecule has 2 aromatic heterocycles. The van der Waals surface area contributed by atoms with Gasteiger partial charge in [0.15, 0.2) is 10.8 Å². The third kappa shape index (κ3) is 3.57. The highest BCUT2D eigenvalue weighted by Crippen LogP contribution is 2.35. The zero-order valence-electron chi connectivity index (χ0n) is 13.2. The molecule has 0 aliphatic rings. The Kier molecular flexibility index (Phi) is 4.87. The van der Waals surface area contributed by atoms with Crippen LogP contribution in [0.1, 0.15) is 5.69 Å². The van der Waals surface area contributed by atoms with E-state index in [4.69, 9.17) is 5.11 Å². The summed E-state index contributed by atoms with van der Waals surface area (Å²) in [7, 11) is 0. The molecule has 3 aromatic rings. The normalized spacial score (nSPS) is 10.9. The Bertz CT molecular complexity index is 1000. The van der Waals surface area contributed by atoms with Gasteiger partial charge in [-0.25, -0.2) is 24.1 Å². The van der Waals surface area contributed by atoms with E-state index in [1.54, 1.807) is 6.20 Å². The van der Waals surface area contributed by atoms with E-state index in [9.17, 15) is 9.18 Å². The van der Waals surface area contributed by atoms with E-state index in [0.717, 1.165) is 10.9 Å². The Morgan fingerprint density at radius 1 is 1.28 bits per heavy atom. The number of carbonyl (C=O) groups is 1. The number of hydrogen-bond donors (Lipinski definition) is 2. The predicted molar refractivity (Wildman–Crippen MR) is 98.6 cm³/mol. The van der Waals surface area contributed by atoms with E-state index in [0.29, 0.717) is 26.5 Å². The minimum atomic E-state index is -1.33. The third-order valence-corrected chi connectivity index (χ3v) is 4.73. The lowest BCUT2D eigenvalue weighted by Gasteiger charge is -2.12. The molecule has 2 N–H and O–H groups in total. The lowest BCUT2D eigenvalue weighted by molar-refractivity contribution is 0.209. The number of thioether (sulfide) groups is 1. The van der Waals surface area contributed by atoms with Crippen molar-refractivity contribution in [2.45, 2.75) is 12.1 Å². The Balaban J connectivity index is 2.18. The second-order valence-electron chi connectivity index (χ2n) is 5.13. The molecule has 0 fully saturated rings. The molecule has 0 bridgehead atoms. The topological polar surface area (TPSA) is 88.0 Å². The van der Waals surface area contributed by atoms with Crippen LogP contribution in [-0.2, 0) is 0 Å². The van der Waals surface area contributed by atoms with Gasteiger partial charge in [0.05, 0.1) is 5.69 Å². The predicted octanol–water partition coefficient (Wildman–Crippen LogP) is 4.71. The number of carboxylic acid groups (broad SMARTS) is 1. The fourth-order valence-electron chi connectivity index (χ4n) is 2.37. The minimum Gasteiger partial charge on any atom is -0.465 e. The minimum absolute atomic E-state index is 0.126. The number of amides is 1. The molecule has 1 amide bonds. The van der Waals surface area contributed by atoms with Gasteiger partial charge in [-0.2, -0.15) is 0 Å². The fourth-order valence-corrected chi connectivity index (χ4v) is 3.24. The van der Waals surface area contributed by atoms with Crippen LogP contribution in [0.25, 0.3) is 22.2 Å². The Morgan fingerprint density at radius 3 is 2.72 bits per heavy atom. The number of halogens is 2. The van der Waals surface area contributed by atoms with Crippen molar-refractivity contribution in [3.63, 3.8) is 0 Å². The van der Waals surface area contributed by atoms with Gasteiger partial charge in [-0.15, -0.1) is 0 Å². The maximum atomic E-state index is 13.9. The first-order chi connectivity index (χ1) is 11.9. The maximum Gasteiger partial charge on any atom is 0.409 e. The maximum absolute atomic E-state index is 13.9. The van der Waals surface area contributed by atoms with E-state index < -0.39 is 11.9 Å². The molecule has 3 rings (SSSR count). The lowest BCUT2D eigenvalue weighted by Crippen LogP contribution is -2.09. The average molecular weight is 423 g/mol. The number of nitrogens with zero attached hydrogens (tertiary/aromatic N) is 3. The molecule has 0 saturated heterocycles. The summed E-state index contributed by atoms with van der Waals surface area (Å²) in [5.74, 6) is -0.669. The Morgan fingerprint density at radius 2 is 2.04 bits per heavy atom. The summed E-state index contributed by atoms with van der Waals surface area (Å²) in [5.41, 5.74) is 2.48. The number of benzene rings is 1. The molecule has 9 heteroatoms. The molecule has 0 unspecified atom stereocenters. The molecule has 25 heavy (non-hydrogen) atoms. The van der Waals surface area contributed by atoms with Crippen molar-refractivity contribution >= 4 is 50.5 Å². The molecule has 0 saturated carbocycles. The lowest BCUT2D eigenvalue weighted by atomic mass is 10.0. The molecule has 6 nitrogen and oxygen atoms in total. The summed E-state index contributed by atoms with van der Waals surface area (Å²) >= 11 is 4.75. The smallest absolute Gasteiger partial charge is 0.409 e.